The van der Waals surface area contributed by atoms with Gasteiger partial charge >= 0.3 is 0 Å². The summed E-state index contributed by atoms with van der Waals surface area (Å²) in [4.78, 5) is 13.9. The molecule has 0 bridgehead atoms. The second kappa shape index (κ2) is 4.72. The normalized spacial score (nSPS) is 35.7. The molecule has 0 aliphatic carbocycles. The zero-order valence-electron chi connectivity index (χ0n) is 8.98. The van der Waals surface area contributed by atoms with Crippen LogP contribution in [0.1, 0.15) is 12.8 Å². The quantitative estimate of drug-likeness (QED) is 0.682. The van der Waals surface area contributed by atoms with E-state index >= 15 is 0 Å². The molecular formula is C10H18N2O2S. The highest BCUT2D eigenvalue weighted by Gasteiger charge is 2.33. The van der Waals surface area contributed by atoms with Crippen molar-refractivity contribution in [3.05, 3.63) is 0 Å². The summed E-state index contributed by atoms with van der Waals surface area (Å²) in [5.74, 6) is 2.35. The molecule has 0 aromatic carbocycles. The van der Waals surface area contributed by atoms with Crippen LogP contribution < -0.4 is 5.32 Å². The van der Waals surface area contributed by atoms with Crippen LogP contribution >= 0.6 is 11.8 Å². The smallest absolute Gasteiger partial charge is 0.239 e. The Morgan fingerprint density at radius 3 is 2.93 bits per heavy atom. The zero-order chi connectivity index (χ0) is 10.8. The Morgan fingerprint density at radius 1 is 1.60 bits per heavy atom. The van der Waals surface area contributed by atoms with Gasteiger partial charge < -0.3 is 15.3 Å². The van der Waals surface area contributed by atoms with Crippen molar-refractivity contribution in [3.63, 3.8) is 0 Å². The molecule has 2 aliphatic rings. The molecule has 0 aromatic heterocycles. The van der Waals surface area contributed by atoms with E-state index in [-0.39, 0.29) is 18.1 Å². The van der Waals surface area contributed by atoms with Gasteiger partial charge in [0.05, 0.1) is 12.1 Å². The van der Waals surface area contributed by atoms with Crippen molar-refractivity contribution < 1.29 is 9.90 Å². The number of hydrogen-bond donors (Lipinski definition) is 2. The topological polar surface area (TPSA) is 52.6 Å². The van der Waals surface area contributed by atoms with Crippen LogP contribution in [0.3, 0.4) is 0 Å². The van der Waals surface area contributed by atoms with Crippen LogP contribution in [-0.4, -0.2) is 59.2 Å². The number of aliphatic hydroxyl groups is 1. The van der Waals surface area contributed by atoms with Gasteiger partial charge in [0.25, 0.3) is 0 Å². The maximum Gasteiger partial charge on any atom is 0.239 e. The van der Waals surface area contributed by atoms with Crippen LogP contribution in [0.5, 0.6) is 0 Å². The number of carbonyl (C=O) groups excluding carboxylic acids is 1. The zero-order valence-corrected chi connectivity index (χ0v) is 9.80. The number of nitrogens with one attached hydrogen (secondary N) is 1. The largest absolute Gasteiger partial charge is 0.392 e. The summed E-state index contributed by atoms with van der Waals surface area (Å²) in [6.07, 6.45) is 1.30. The molecular weight excluding hydrogens is 212 g/mol. The van der Waals surface area contributed by atoms with Crippen molar-refractivity contribution in [3.8, 4) is 0 Å². The number of likely N-dealkylation sites (N-methyl/N-ethyl adjacent to an activating group) is 1. The van der Waals surface area contributed by atoms with E-state index in [0.717, 1.165) is 17.9 Å². The first kappa shape index (κ1) is 11.2. The summed E-state index contributed by atoms with van der Waals surface area (Å²) < 4.78 is 0. The highest BCUT2D eigenvalue weighted by molar-refractivity contribution is 7.99. The molecule has 0 radical (unpaired) electrons. The van der Waals surface area contributed by atoms with Gasteiger partial charge in [-0.25, -0.2) is 0 Å². The van der Waals surface area contributed by atoms with Gasteiger partial charge in [0.15, 0.2) is 0 Å². The fourth-order valence-electron chi connectivity index (χ4n) is 2.16. The van der Waals surface area contributed by atoms with Gasteiger partial charge in [-0.2, -0.15) is 11.8 Å². The van der Waals surface area contributed by atoms with E-state index in [9.17, 15) is 9.90 Å². The number of rotatable bonds is 2. The van der Waals surface area contributed by atoms with Gasteiger partial charge in [-0.3, -0.25) is 4.79 Å². The molecule has 0 aromatic rings. The van der Waals surface area contributed by atoms with Gasteiger partial charge in [0.1, 0.15) is 0 Å². The molecule has 2 rings (SSSR count). The fraction of sp³-hybridized carbons (Fsp3) is 0.900. The fourth-order valence-corrected chi connectivity index (χ4v) is 3.43. The summed E-state index contributed by atoms with van der Waals surface area (Å²) in [5, 5.41) is 12.4. The standard InChI is InChI=1S/C10H18N2O2S/c1-12(7-2-3-15-6-7)10(14)9-4-8(13)5-11-9/h7-9,11,13H,2-6H2,1H3. The van der Waals surface area contributed by atoms with Crippen molar-refractivity contribution in [1.82, 2.24) is 10.2 Å². The molecule has 15 heavy (non-hydrogen) atoms. The lowest BCUT2D eigenvalue weighted by molar-refractivity contribution is -0.133. The molecule has 2 saturated heterocycles. The number of nitrogens with zero attached hydrogens (tertiary/aromatic N) is 1. The molecule has 0 spiro atoms. The van der Waals surface area contributed by atoms with Crippen LogP contribution in [-0.2, 0) is 4.79 Å². The monoisotopic (exact) mass is 230 g/mol. The van der Waals surface area contributed by atoms with Crippen LogP contribution in [0.25, 0.3) is 0 Å². The molecule has 2 fully saturated rings. The number of carbonyl (C=O) groups is 1. The maximum absolute atomic E-state index is 12.0. The lowest BCUT2D eigenvalue weighted by Gasteiger charge is -2.26. The van der Waals surface area contributed by atoms with Crippen LogP contribution in [0.15, 0.2) is 0 Å². The van der Waals surface area contributed by atoms with Gasteiger partial charge in [0.2, 0.25) is 5.91 Å². The number of hydrogen-bond acceptors (Lipinski definition) is 4. The van der Waals surface area contributed by atoms with Gasteiger partial charge in [0, 0.05) is 25.4 Å². The molecule has 0 saturated carbocycles. The number of β-amino-alcohol motifs (C(OH)–C–C–N with tert-alkyl or cyclic N) is 1. The van der Waals surface area contributed by atoms with E-state index in [0.29, 0.717) is 19.0 Å². The molecule has 3 atom stereocenters. The van der Waals surface area contributed by atoms with E-state index in [1.165, 1.54) is 0 Å². The molecule has 3 unspecified atom stereocenters. The highest BCUT2D eigenvalue weighted by Crippen LogP contribution is 2.22. The Labute approximate surface area is 94.4 Å². The van der Waals surface area contributed by atoms with E-state index in [2.05, 4.69) is 5.32 Å². The average Bonchev–Trinajstić information content (AvgIpc) is 2.85. The van der Waals surface area contributed by atoms with Crippen LogP contribution in [0.4, 0.5) is 0 Å². The van der Waals surface area contributed by atoms with Crippen molar-refractivity contribution in [1.29, 1.82) is 0 Å². The molecule has 2 heterocycles. The summed E-state index contributed by atoms with van der Waals surface area (Å²) in [5.41, 5.74) is 0. The summed E-state index contributed by atoms with van der Waals surface area (Å²) in [6, 6.07) is 0.220. The lowest BCUT2D eigenvalue weighted by atomic mass is 10.1. The first-order valence-corrected chi connectivity index (χ1v) is 6.60. The Kier molecular flexibility index (Phi) is 3.53. The van der Waals surface area contributed by atoms with Crippen molar-refractivity contribution in [2.24, 2.45) is 0 Å². The summed E-state index contributed by atoms with van der Waals surface area (Å²) in [7, 11) is 1.88. The van der Waals surface area contributed by atoms with E-state index < -0.39 is 0 Å². The first-order chi connectivity index (χ1) is 7.18. The molecule has 2 aliphatic heterocycles. The van der Waals surface area contributed by atoms with E-state index in [1.54, 1.807) is 0 Å². The Balaban J connectivity index is 1.89. The molecule has 4 nitrogen and oxygen atoms in total. The molecule has 2 N–H and O–H groups in total. The third-order valence-electron chi connectivity index (χ3n) is 3.21. The maximum atomic E-state index is 12.0. The minimum atomic E-state index is -0.356. The molecule has 5 heteroatoms. The third kappa shape index (κ3) is 2.46. The van der Waals surface area contributed by atoms with Crippen molar-refractivity contribution >= 4 is 17.7 Å². The second-order valence-corrected chi connectivity index (χ2v) is 5.47. The number of thioether (sulfide) groups is 1. The molecule has 1 amide bonds. The SMILES string of the molecule is CN(C(=O)C1CC(O)CN1)C1CCSC1. The van der Waals surface area contributed by atoms with Crippen LogP contribution in [0.2, 0.25) is 0 Å². The van der Waals surface area contributed by atoms with E-state index in [4.69, 9.17) is 0 Å². The predicted molar refractivity (Wildman–Crippen MR) is 60.9 cm³/mol. The van der Waals surface area contributed by atoms with Crippen LogP contribution in [0, 0.1) is 0 Å². The average molecular weight is 230 g/mol. The first-order valence-electron chi connectivity index (χ1n) is 5.44. The summed E-state index contributed by atoms with van der Waals surface area (Å²) in [6.45, 7) is 0.545. The van der Waals surface area contributed by atoms with Gasteiger partial charge in [-0.15, -0.1) is 0 Å². The second-order valence-electron chi connectivity index (χ2n) is 4.32. The number of amides is 1. The Bertz CT molecular complexity index is 244. The Morgan fingerprint density at radius 2 is 2.40 bits per heavy atom. The van der Waals surface area contributed by atoms with Gasteiger partial charge in [-0.1, -0.05) is 0 Å². The molecule has 86 valence electrons. The third-order valence-corrected chi connectivity index (χ3v) is 4.35. The van der Waals surface area contributed by atoms with Crippen molar-refractivity contribution in [2.45, 2.75) is 31.0 Å². The predicted octanol–water partition coefficient (Wildman–Crippen LogP) is -0.327. The van der Waals surface area contributed by atoms with Crippen molar-refractivity contribution in [2.75, 3.05) is 25.1 Å². The summed E-state index contributed by atoms with van der Waals surface area (Å²) >= 11 is 1.91. The van der Waals surface area contributed by atoms with E-state index in [1.807, 2.05) is 23.7 Å². The van der Waals surface area contributed by atoms with Gasteiger partial charge in [-0.05, 0) is 18.6 Å². The Hall–Kier alpha value is -0.260. The number of aliphatic hydroxyl groups excluding tert-OH is 1. The minimum Gasteiger partial charge on any atom is -0.392 e. The highest BCUT2D eigenvalue weighted by atomic mass is 32.2. The lowest BCUT2D eigenvalue weighted by Crippen LogP contribution is -2.46. The minimum absolute atomic E-state index is 0.138.